The number of benzene rings is 1. The molecule has 0 radical (unpaired) electrons. The average Bonchev–Trinajstić information content (AvgIpc) is 3.57. The van der Waals surface area contributed by atoms with Crippen LogP contribution in [0, 0.1) is 0 Å². The highest BCUT2D eigenvalue weighted by atomic mass is 32.2. The normalized spacial score (nSPS) is 16.4. The van der Waals surface area contributed by atoms with E-state index in [1.165, 1.54) is 0 Å². The number of carbonyl (C=O) groups is 3. The lowest BCUT2D eigenvalue weighted by Gasteiger charge is -2.37. The van der Waals surface area contributed by atoms with Gasteiger partial charge in [0.15, 0.2) is 0 Å². The number of anilines is 1. The minimum Gasteiger partial charge on any atom is -0.379 e. The molecule has 2 aliphatic rings. The Morgan fingerprint density at radius 3 is 2.40 bits per heavy atom. The number of piperidine rings is 1. The minimum absolute atomic E-state index is 0.0711. The van der Waals surface area contributed by atoms with Crippen molar-refractivity contribution in [3.05, 3.63) is 30.5 Å². The summed E-state index contributed by atoms with van der Waals surface area (Å²) in [6.45, 7) is 6.24. The highest BCUT2D eigenvalue weighted by Gasteiger charge is 2.52. The SMILES string of the molecule is CCCOCCOCCOCCn1cc(-c2cccc(NC(=O)N3CCC4(CC3)NC(=O)N(CCNS(C)(=O)=O)C4=O)c2)nn1. The van der Waals surface area contributed by atoms with Gasteiger partial charge in [-0.05, 0) is 31.4 Å². The third kappa shape index (κ3) is 9.92. The Balaban J connectivity index is 1.20. The zero-order valence-corrected chi connectivity index (χ0v) is 26.5. The number of sulfonamides is 1. The number of likely N-dealkylation sites (tertiary alicyclic amines) is 1. The lowest BCUT2D eigenvalue weighted by atomic mass is 9.87. The summed E-state index contributed by atoms with van der Waals surface area (Å²) in [5.74, 6) is -0.409. The molecule has 1 spiro atoms. The second kappa shape index (κ2) is 16.1. The summed E-state index contributed by atoms with van der Waals surface area (Å²) < 4.78 is 43.0. The summed E-state index contributed by atoms with van der Waals surface area (Å²) in [5, 5.41) is 14.1. The van der Waals surface area contributed by atoms with Crippen LogP contribution in [-0.2, 0) is 35.6 Å². The molecule has 248 valence electrons. The number of nitrogens with one attached hydrogen (secondary N) is 3. The van der Waals surface area contributed by atoms with Crippen LogP contribution in [0.3, 0.4) is 0 Å². The largest absolute Gasteiger partial charge is 0.379 e. The number of aromatic nitrogens is 3. The zero-order valence-electron chi connectivity index (χ0n) is 25.7. The van der Waals surface area contributed by atoms with Crippen LogP contribution in [0.1, 0.15) is 26.2 Å². The van der Waals surface area contributed by atoms with E-state index in [4.69, 9.17) is 14.2 Å². The quantitative estimate of drug-likeness (QED) is 0.164. The molecule has 2 fully saturated rings. The Morgan fingerprint density at radius 1 is 1.02 bits per heavy atom. The standard InChI is InChI=1S/C28H42N8O8S/c1-3-14-42-16-18-44-19-17-43-15-13-35-21-24(32-33-35)22-5-4-6-23(20-22)30-26(38)34-10-7-28(8-11-34)25(37)36(27(39)31-28)12-9-29-45(2,40)41/h4-6,20-21,29H,3,7-19H2,1-2H3,(H,30,38)(H,31,39). The molecular weight excluding hydrogens is 608 g/mol. The summed E-state index contributed by atoms with van der Waals surface area (Å²) in [5.41, 5.74) is 0.895. The van der Waals surface area contributed by atoms with Gasteiger partial charge in [-0.25, -0.2) is 27.4 Å². The van der Waals surface area contributed by atoms with Crippen LogP contribution in [0.25, 0.3) is 11.3 Å². The summed E-state index contributed by atoms with van der Waals surface area (Å²) in [6, 6.07) is 6.37. The highest BCUT2D eigenvalue weighted by Crippen LogP contribution is 2.30. The summed E-state index contributed by atoms with van der Waals surface area (Å²) >= 11 is 0. The molecule has 1 aromatic carbocycles. The number of nitrogens with zero attached hydrogens (tertiary/aromatic N) is 5. The zero-order chi connectivity index (χ0) is 32.3. The van der Waals surface area contributed by atoms with Crippen molar-refractivity contribution >= 4 is 33.7 Å². The van der Waals surface area contributed by atoms with Gasteiger partial charge >= 0.3 is 12.1 Å². The fraction of sp³-hybridized carbons (Fsp3) is 0.607. The van der Waals surface area contributed by atoms with E-state index < -0.39 is 27.5 Å². The van der Waals surface area contributed by atoms with Crippen LogP contribution < -0.4 is 15.4 Å². The maximum atomic E-state index is 13.1. The molecule has 0 saturated carbocycles. The van der Waals surface area contributed by atoms with Crippen molar-refractivity contribution in [3.63, 3.8) is 0 Å². The molecule has 0 unspecified atom stereocenters. The first-order valence-electron chi connectivity index (χ1n) is 15.0. The lowest BCUT2D eigenvalue weighted by Crippen LogP contribution is -2.56. The van der Waals surface area contributed by atoms with Gasteiger partial charge in [0, 0.05) is 44.0 Å². The molecule has 4 rings (SSSR count). The molecule has 2 aliphatic heterocycles. The number of ether oxygens (including phenoxy) is 3. The Hall–Kier alpha value is -3.64. The van der Waals surface area contributed by atoms with Gasteiger partial charge in [-0.1, -0.05) is 24.3 Å². The Bertz CT molecular complexity index is 1410. The number of rotatable bonds is 17. The summed E-state index contributed by atoms with van der Waals surface area (Å²) in [6.07, 6.45) is 4.29. The maximum absolute atomic E-state index is 13.1. The van der Waals surface area contributed by atoms with E-state index in [1.807, 2.05) is 18.3 Å². The van der Waals surface area contributed by atoms with Crippen LogP contribution in [0.2, 0.25) is 0 Å². The summed E-state index contributed by atoms with van der Waals surface area (Å²) in [7, 11) is -3.44. The molecule has 2 aromatic rings. The van der Waals surface area contributed by atoms with Crippen LogP contribution >= 0.6 is 0 Å². The lowest BCUT2D eigenvalue weighted by molar-refractivity contribution is -0.132. The average molecular weight is 651 g/mol. The molecule has 3 heterocycles. The molecular formula is C28H42N8O8S. The maximum Gasteiger partial charge on any atom is 0.325 e. The minimum atomic E-state index is -3.44. The Labute approximate surface area is 262 Å². The molecule has 3 N–H and O–H groups in total. The van der Waals surface area contributed by atoms with Gasteiger partial charge in [0.2, 0.25) is 10.0 Å². The summed E-state index contributed by atoms with van der Waals surface area (Å²) in [4.78, 5) is 41.2. The van der Waals surface area contributed by atoms with Crippen molar-refractivity contribution in [2.24, 2.45) is 0 Å². The van der Waals surface area contributed by atoms with Crippen molar-refractivity contribution in [2.45, 2.75) is 38.3 Å². The van der Waals surface area contributed by atoms with Crippen LogP contribution in [0.15, 0.2) is 30.5 Å². The predicted molar refractivity (Wildman–Crippen MR) is 164 cm³/mol. The molecule has 1 aromatic heterocycles. The van der Waals surface area contributed by atoms with Crippen molar-refractivity contribution in [1.29, 1.82) is 0 Å². The molecule has 0 atom stereocenters. The molecule has 0 bridgehead atoms. The first kappa shape index (κ1) is 34.2. The van der Waals surface area contributed by atoms with Gasteiger partial charge < -0.3 is 29.7 Å². The Morgan fingerprint density at radius 2 is 1.71 bits per heavy atom. The van der Waals surface area contributed by atoms with Crippen molar-refractivity contribution in [1.82, 2.24) is 34.8 Å². The van der Waals surface area contributed by atoms with Gasteiger partial charge in [-0.15, -0.1) is 5.10 Å². The van der Waals surface area contributed by atoms with E-state index >= 15 is 0 Å². The fourth-order valence-electron chi connectivity index (χ4n) is 5.00. The van der Waals surface area contributed by atoms with E-state index in [0.29, 0.717) is 51.0 Å². The van der Waals surface area contributed by atoms with Gasteiger partial charge in [0.1, 0.15) is 11.2 Å². The smallest absolute Gasteiger partial charge is 0.325 e. The van der Waals surface area contributed by atoms with Crippen molar-refractivity contribution in [2.75, 3.05) is 77.4 Å². The van der Waals surface area contributed by atoms with Gasteiger partial charge in [0.05, 0.1) is 52.0 Å². The fourth-order valence-corrected chi connectivity index (χ4v) is 5.46. The van der Waals surface area contributed by atoms with Gasteiger partial charge in [-0.3, -0.25) is 9.69 Å². The molecule has 0 aliphatic carbocycles. The van der Waals surface area contributed by atoms with E-state index in [-0.39, 0.29) is 45.1 Å². The van der Waals surface area contributed by atoms with Crippen LogP contribution in [0.5, 0.6) is 0 Å². The number of carbonyl (C=O) groups excluding carboxylic acids is 3. The molecule has 2 saturated heterocycles. The number of urea groups is 2. The number of imide groups is 1. The van der Waals surface area contributed by atoms with E-state index in [9.17, 15) is 22.8 Å². The van der Waals surface area contributed by atoms with E-state index in [0.717, 1.165) is 29.7 Å². The monoisotopic (exact) mass is 650 g/mol. The first-order valence-corrected chi connectivity index (χ1v) is 16.9. The molecule has 5 amide bonds. The van der Waals surface area contributed by atoms with Crippen molar-refractivity contribution in [3.8, 4) is 11.3 Å². The van der Waals surface area contributed by atoms with Crippen molar-refractivity contribution < 1.29 is 37.0 Å². The number of hydrogen-bond donors (Lipinski definition) is 3. The first-order chi connectivity index (χ1) is 21.6. The van der Waals surface area contributed by atoms with Gasteiger partial charge in [0.25, 0.3) is 5.91 Å². The second-order valence-electron chi connectivity index (χ2n) is 10.8. The molecule has 17 heteroatoms. The van der Waals surface area contributed by atoms with Gasteiger partial charge in [-0.2, -0.15) is 0 Å². The second-order valence-corrected chi connectivity index (χ2v) is 12.7. The predicted octanol–water partition coefficient (Wildman–Crippen LogP) is 0.872. The number of hydrogen-bond acceptors (Lipinski definition) is 10. The van der Waals surface area contributed by atoms with Crippen LogP contribution in [0.4, 0.5) is 15.3 Å². The molecule has 45 heavy (non-hydrogen) atoms. The number of amides is 5. The topological polar surface area (TPSA) is 186 Å². The highest BCUT2D eigenvalue weighted by molar-refractivity contribution is 7.88. The molecule has 16 nitrogen and oxygen atoms in total. The third-order valence-corrected chi connectivity index (χ3v) is 8.08. The Kier molecular flexibility index (Phi) is 12.2. The van der Waals surface area contributed by atoms with E-state index in [2.05, 4.69) is 32.6 Å². The van der Waals surface area contributed by atoms with Crippen LogP contribution in [-0.4, -0.2) is 129 Å². The van der Waals surface area contributed by atoms with E-state index in [1.54, 1.807) is 21.7 Å². The third-order valence-electron chi connectivity index (χ3n) is 7.36.